The zero-order chi connectivity index (χ0) is 17.1. The van der Waals surface area contributed by atoms with Crippen molar-refractivity contribution >= 4 is 11.8 Å². The quantitative estimate of drug-likeness (QED) is 0.726. The fourth-order valence-electron chi connectivity index (χ4n) is 2.12. The molecule has 0 bridgehead atoms. The van der Waals surface area contributed by atoms with E-state index in [-0.39, 0.29) is 11.4 Å². The highest BCUT2D eigenvalue weighted by Crippen LogP contribution is 2.38. The van der Waals surface area contributed by atoms with E-state index in [1.54, 1.807) is 12.1 Å². The Morgan fingerprint density at radius 1 is 1.33 bits per heavy atom. The lowest BCUT2D eigenvalue weighted by Crippen LogP contribution is -2.47. The van der Waals surface area contributed by atoms with Crippen LogP contribution in [-0.4, -0.2) is 28.1 Å². The van der Waals surface area contributed by atoms with Crippen LogP contribution in [0.25, 0.3) is 0 Å². The number of ether oxygens (including phenoxy) is 1. The Bertz CT molecular complexity index is 757. The zero-order valence-electron chi connectivity index (χ0n) is 13.0. The molecule has 0 spiro atoms. The van der Waals surface area contributed by atoms with Crippen LogP contribution in [-0.2, 0) is 4.79 Å². The van der Waals surface area contributed by atoms with Crippen molar-refractivity contribution in [2.45, 2.75) is 31.8 Å². The third-order valence-electron chi connectivity index (χ3n) is 3.66. The van der Waals surface area contributed by atoms with Gasteiger partial charge in [0.15, 0.2) is 23.4 Å². The highest BCUT2D eigenvalue weighted by molar-refractivity contribution is 5.94. The number of carbonyl (C=O) groups excluding carboxylic acids is 2. The van der Waals surface area contributed by atoms with Gasteiger partial charge in [0.1, 0.15) is 0 Å². The largest absolute Gasteiger partial charge is 0.478 e. The third kappa shape index (κ3) is 3.70. The number of H-pyrrole nitrogens is 1. The van der Waals surface area contributed by atoms with Gasteiger partial charge in [-0.3, -0.25) is 25.5 Å². The molecule has 126 valence electrons. The second-order valence-electron chi connectivity index (χ2n) is 5.62. The van der Waals surface area contributed by atoms with E-state index in [9.17, 15) is 14.0 Å². The Hall–Kier alpha value is -2.90. The van der Waals surface area contributed by atoms with Crippen molar-refractivity contribution in [1.82, 2.24) is 21.0 Å². The molecule has 1 heterocycles. The standard InChI is InChI=1S/C16H17FN4O3/c1-9(24-14-5-3-2-4-11(14)17)15(22)20-21-16(23)13-8-12(18-19-13)10-6-7-10/h2-5,8-10H,6-7H2,1H3,(H,18,19)(H,20,22)(H,21,23). The fraction of sp³-hybridized carbons (Fsp3) is 0.312. The molecule has 8 heteroatoms. The predicted octanol–water partition coefficient (Wildman–Crippen LogP) is 1.65. The number of carbonyl (C=O) groups is 2. The lowest BCUT2D eigenvalue weighted by Gasteiger charge is -2.15. The van der Waals surface area contributed by atoms with Gasteiger partial charge in [-0.05, 0) is 38.0 Å². The second kappa shape index (κ2) is 6.69. The maximum atomic E-state index is 13.5. The average Bonchev–Trinajstić information content (AvgIpc) is 3.31. The van der Waals surface area contributed by atoms with Crippen LogP contribution < -0.4 is 15.6 Å². The summed E-state index contributed by atoms with van der Waals surface area (Å²) in [4.78, 5) is 23.8. The van der Waals surface area contributed by atoms with E-state index >= 15 is 0 Å². The van der Waals surface area contributed by atoms with Crippen LogP contribution >= 0.6 is 0 Å². The number of hydrazine groups is 1. The van der Waals surface area contributed by atoms with Crippen LogP contribution in [0.1, 0.15) is 41.9 Å². The first kappa shape index (κ1) is 16.0. The molecule has 1 aromatic heterocycles. The van der Waals surface area contributed by atoms with Gasteiger partial charge >= 0.3 is 0 Å². The number of rotatable bonds is 5. The molecule has 1 unspecified atom stereocenters. The minimum absolute atomic E-state index is 0.0344. The van der Waals surface area contributed by atoms with Gasteiger partial charge in [-0.1, -0.05) is 12.1 Å². The zero-order valence-corrected chi connectivity index (χ0v) is 13.0. The fourth-order valence-corrected chi connectivity index (χ4v) is 2.12. The lowest BCUT2D eigenvalue weighted by molar-refractivity contribution is -0.128. The van der Waals surface area contributed by atoms with Crippen molar-refractivity contribution in [3.05, 3.63) is 47.5 Å². The molecule has 1 saturated carbocycles. The SMILES string of the molecule is CC(Oc1ccccc1F)C(=O)NNC(=O)c1cc(C2CC2)[nH]n1. The van der Waals surface area contributed by atoms with Gasteiger partial charge in [-0.2, -0.15) is 5.10 Å². The van der Waals surface area contributed by atoms with Crippen molar-refractivity contribution in [3.8, 4) is 5.75 Å². The van der Waals surface area contributed by atoms with Crippen molar-refractivity contribution in [2.75, 3.05) is 0 Å². The van der Waals surface area contributed by atoms with E-state index in [0.29, 0.717) is 5.92 Å². The van der Waals surface area contributed by atoms with E-state index < -0.39 is 23.7 Å². The van der Waals surface area contributed by atoms with Crippen LogP contribution in [0.15, 0.2) is 30.3 Å². The van der Waals surface area contributed by atoms with Crippen molar-refractivity contribution in [2.24, 2.45) is 0 Å². The third-order valence-corrected chi connectivity index (χ3v) is 3.66. The smallest absolute Gasteiger partial charge is 0.290 e. The maximum Gasteiger partial charge on any atom is 0.290 e. The van der Waals surface area contributed by atoms with Gasteiger partial charge in [-0.25, -0.2) is 4.39 Å². The first-order valence-electron chi connectivity index (χ1n) is 7.61. The van der Waals surface area contributed by atoms with Gasteiger partial charge in [-0.15, -0.1) is 0 Å². The molecule has 1 atom stereocenters. The first-order chi connectivity index (χ1) is 11.5. The summed E-state index contributed by atoms with van der Waals surface area (Å²) in [5, 5.41) is 6.72. The lowest BCUT2D eigenvalue weighted by atomic mass is 10.2. The predicted molar refractivity (Wildman–Crippen MR) is 82.7 cm³/mol. The topological polar surface area (TPSA) is 96.1 Å². The molecule has 7 nitrogen and oxygen atoms in total. The number of nitrogens with one attached hydrogen (secondary N) is 3. The number of aromatic amines is 1. The first-order valence-corrected chi connectivity index (χ1v) is 7.61. The number of hydrogen-bond donors (Lipinski definition) is 3. The van der Waals surface area contributed by atoms with Crippen molar-refractivity contribution in [3.63, 3.8) is 0 Å². The summed E-state index contributed by atoms with van der Waals surface area (Å²) in [6.45, 7) is 1.45. The van der Waals surface area contributed by atoms with Crippen LogP contribution in [0.3, 0.4) is 0 Å². The molecule has 3 rings (SSSR count). The van der Waals surface area contributed by atoms with E-state index in [1.165, 1.54) is 25.1 Å². The molecule has 2 amide bonds. The number of nitrogens with zero attached hydrogens (tertiary/aromatic N) is 1. The molecule has 1 fully saturated rings. The van der Waals surface area contributed by atoms with E-state index in [0.717, 1.165) is 18.5 Å². The molecule has 1 aliphatic carbocycles. The molecule has 0 saturated heterocycles. The average molecular weight is 332 g/mol. The number of para-hydroxylation sites is 1. The van der Waals surface area contributed by atoms with Crippen molar-refractivity contribution < 1.29 is 18.7 Å². The van der Waals surface area contributed by atoms with Gasteiger partial charge in [0.05, 0.1) is 0 Å². The Balaban J connectivity index is 1.50. The molecule has 3 N–H and O–H groups in total. The number of amides is 2. The summed E-state index contributed by atoms with van der Waals surface area (Å²) in [5.74, 6) is -1.30. The summed E-state index contributed by atoms with van der Waals surface area (Å²) in [6.07, 6.45) is 1.19. The van der Waals surface area contributed by atoms with E-state index in [1.807, 2.05) is 0 Å². The van der Waals surface area contributed by atoms with Gasteiger partial charge in [0, 0.05) is 11.6 Å². The van der Waals surface area contributed by atoms with Gasteiger partial charge in [0.2, 0.25) is 0 Å². The highest BCUT2D eigenvalue weighted by atomic mass is 19.1. The molecular weight excluding hydrogens is 315 g/mol. The number of hydrogen-bond acceptors (Lipinski definition) is 4. The molecule has 0 radical (unpaired) electrons. The normalized spacial score (nSPS) is 14.8. The Morgan fingerprint density at radius 2 is 2.08 bits per heavy atom. The Kier molecular flexibility index (Phi) is 4.45. The minimum Gasteiger partial charge on any atom is -0.478 e. The van der Waals surface area contributed by atoms with Crippen LogP contribution in [0.5, 0.6) is 5.75 Å². The van der Waals surface area contributed by atoms with Crippen LogP contribution in [0.4, 0.5) is 4.39 Å². The minimum atomic E-state index is -0.983. The van der Waals surface area contributed by atoms with Gasteiger partial charge < -0.3 is 4.74 Å². The van der Waals surface area contributed by atoms with E-state index in [4.69, 9.17) is 4.74 Å². The van der Waals surface area contributed by atoms with Crippen LogP contribution in [0, 0.1) is 5.82 Å². The molecule has 2 aromatic rings. The molecule has 24 heavy (non-hydrogen) atoms. The molecule has 0 aliphatic heterocycles. The Morgan fingerprint density at radius 3 is 2.79 bits per heavy atom. The maximum absolute atomic E-state index is 13.5. The summed E-state index contributed by atoms with van der Waals surface area (Å²) < 4.78 is 18.7. The number of halogens is 1. The molecular formula is C16H17FN4O3. The second-order valence-corrected chi connectivity index (χ2v) is 5.62. The van der Waals surface area contributed by atoms with E-state index in [2.05, 4.69) is 21.0 Å². The molecule has 1 aromatic carbocycles. The summed E-state index contributed by atoms with van der Waals surface area (Å²) in [6, 6.07) is 7.43. The highest BCUT2D eigenvalue weighted by Gasteiger charge is 2.26. The summed E-state index contributed by atoms with van der Waals surface area (Å²) in [5.41, 5.74) is 5.61. The summed E-state index contributed by atoms with van der Waals surface area (Å²) in [7, 11) is 0. The van der Waals surface area contributed by atoms with Gasteiger partial charge in [0.25, 0.3) is 11.8 Å². The molecule has 1 aliphatic rings. The van der Waals surface area contributed by atoms with Crippen LogP contribution in [0.2, 0.25) is 0 Å². The summed E-state index contributed by atoms with van der Waals surface area (Å²) >= 11 is 0. The number of aromatic nitrogens is 2. The Labute approximate surface area is 137 Å². The van der Waals surface area contributed by atoms with Crippen molar-refractivity contribution in [1.29, 1.82) is 0 Å². The number of benzene rings is 1. The monoisotopic (exact) mass is 332 g/mol.